The van der Waals surface area contributed by atoms with Gasteiger partial charge in [-0.3, -0.25) is 9.88 Å². The van der Waals surface area contributed by atoms with Crippen molar-refractivity contribution in [2.75, 3.05) is 32.9 Å². The molecule has 4 rings (SSSR count). The van der Waals surface area contributed by atoms with Gasteiger partial charge in [-0.25, -0.2) is 0 Å². The van der Waals surface area contributed by atoms with Crippen LogP contribution in [0.4, 0.5) is 0 Å². The molecular formula is C23H30N2O2. The zero-order valence-corrected chi connectivity index (χ0v) is 16.5. The summed E-state index contributed by atoms with van der Waals surface area (Å²) >= 11 is 0. The quantitative estimate of drug-likeness (QED) is 0.801. The van der Waals surface area contributed by atoms with Crippen molar-refractivity contribution >= 4 is 0 Å². The van der Waals surface area contributed by atoms with Crippen molar-refractivity contribution < 1.29 is 9.47 Å². The van der Waals surface area contributed by atoms with Crippen LogP contribution in [0.3, 0.4) is 0 Å². The van der Waals surface area contributed by atoms with Crippen molar-refractivity contribution in [3.8, 4) is 5.75 Å². The molecule has 1 atom stereocenters. The number of rotatable bonds is 5. The van der Waals surface area contributed by atoms with Crippen LogP contribution >= 0.6 is 0 Å². The third kappa shape index (κ3) is 4.17. The summed E-state index contributed by atoms with van der Waals surface area (Å²) in [6, 6.07) is 10.7. The minimum Gasteiger partial charge on any atom is -0.492 e. The second-order valence-corrected chi connectivity index (χ2v) is 8.27. The summed E-state index contributed by atoms with van der Waals surface area (Å²) < 4.78 is 11.8. The van der Waals surface area contributed by atoms with E-state index < -0.39 is 0 Å². The number of aryl methyl sites for hydroxylation is 2. The summed E-state index contributed by atoms with van der Waals surface area (Å²) in [6.07, 6.45) is 5.86. The molecule has 4 heteroatoms. The van der Waals surface area contributed by atoms with E-state index in [4.69, 9.17) is 9.47 Å². The number of hydrogen-bond donors (Lipinski definition) is 0. The fraction of sp³-hybridized carbons (Fsp3) is 0.522. The van der Waals surface area contributed by atoms with Crippen LogP contribution in [0.15, 0.2) is 42.7 Å². The van der Waals surface area contributed by atoms with Crippen LogP contribution < -0.4 is 4.74 Å². The van der Waals surface area contributed by atoms with Crippen LogP contribution in [-0.2, 0) is 11.3 Å². The summed E-state index contributed by atoms with van der Waals surface area (Å²) in [5.74, 6) is 1.40. The molecule has 0 radical (unpaired) electrons. The number of benzene rings is 1. The van der Waals surface area contributed by atoms with E-state index in [9.17, 15) is 0 Å². The highest BCUT2D eigenvalue weighted by molar-refractivity contribution is 5.30. The topological polar surface area (TPSA) is 34.6 Å². The van der Waals surface area contributed by atoms with E-state index in [1.54, 1.807) is 12.4 Å². The molecule has 0 aliphatic carbocycles. The van der Waals surface area contributed by atoms with Gasteiger partial charge in [0, 0.05) is 45.0 Å². The first-order valence-electron chi connectivity index (χ1n) is 10.0. The lowest BCUT2D eigenvalue weighted by Gasteiger charge is -2.38. The molecule has 1 aromatic heterocycles. The van der Waals surface area contributed by atoms with Crippen molar-refractivity contribution in [2.45, 2.75) is 33.2 Å². The van der Waals surface area contributed by atoms with Gasteiger partial charge in [0.25, 0.3) is 0 Å². The summed E-state index contributed by atoms with van der Waals surface area (Å²) in [7, 11) is 0. The Morgan fingerprint density at radius 3 is 2.81 bits per heavy atom. The van der Waals surface area contributed by atoms with E-state index in [0.717, 1.165) is 58.0 Å². The Balaban J connectivity index is 1.47. The molecule has 1 aromatic carbocycles. The van der Waals surface area contributed by atoms with Gasteiger partial charge in [0.1, 0.15) is 5.75 Å². The van der Waals surface area contributed by atoms with Crippen LogP contribution in [0, 0.1) is 25.2 Å². The summed E-state index contributed by atoms with van der Waals surface area (Å²) in [6.45, 7) is 10.2. The van der Waals surface area contributed by atoms with Gasteiger partial charge in [-0.15, -0.1) is 0 Å². The zero-order chi connectivity index (χ0) is 18.7. The zero-order valence-electron chi connectivity index (χ0n) is 16.5. The lowest BCUT2D eigenvalue weighted by molar-refractivity contribution is -0.00944. The van der Waals surface area contributed by atoms with Crippen LogP contribution in [0.2, 0.25) is 0 Å². The Morgan fingerprint density at radius 2 is 2.07 bits per heavy atom. The highest BCUT2D eigenvalue weighted by Gasteiger charge is 2.47. The fourth-order valence-corrected chi connectivity index (χ4v) is 4.73. The highest BCUT2D eigenvalue weighted by atomic mass is 16.5. The molecule has 2 fully saturated rings. The Bertz CT molecular complexity index is 756. The molecule has 2 aliphatic rings. The van der Waals surface area contributed by atoms with Gasteiger partial charge in [0.05, 0.1) is 12.8 Å². The number of ether oxygens (including phenoxy) is 2. The van der Waals surface area contributed by atoms with E-state index in [-0.39, 0.29) is 0 Å². The molecule has 1 unspecified atom stereocenters. The number of hydrogen-bond acceptors (Lipinski definition) is 4. The van der Waals surface area contributed by atoms with Crippen molar-refractivity contribution in [1.29, 1.82) is 0 Å². The second kappa shape index (κ2) is 7.99. The molecule has 2 aromatic rings. The average molecular weight is 367 g/mol. The van der Waals surface area contributed by atoms with Gasteiger partial charge in [0.2, 0.25) is 0 Å². The van der Waals surface area contributed by atoms with E-state index in [1.165, 1.54) is 16.7 Å². The minimum atomic E-state index is 0.319. The lowest BCUT2D eigenvalue weighted by Crippen LogP contribution is -2.39. The molecule has 27 heavy (non-hydrogen) atoms. The molecule has 3 heterocycles. The molecule has 1 spiro atoms. The van der Waals surface area contributed by atoms with Gasteiger partial charge in [0.15, 0.2) is 0 Å². The number of pyridine rings is 1. The number of nitrogens with zero attached hydrogens (tertiary/aromatic N) is 2. The van der Waals surface area contributed by atoms with Gasteiger partial charge < -0.3 is 9.47 Å². The van der Waals surface area contributed by atoms with Crippen LogP contribution in [-0.4, -0.2) is 42.8 Å². The summed E-state index contributed by atoms with van der Waals surface area (Å²) in [5, 5.41) is 0. The second-order valence-electron chi connectivity index (χ2n) is 8.27. The molecule has 144 valence electrons. The van der Waals surface area contributed by atoms with Crippen molar-refractivity contribution in [2.24, 2.45) is 11.3 Å². The molecule has 2 aliphatic heterocycles. The van der Waals surface area contributed by atoms with Gasteiger partial charge in [-0.1, -0.05) is 23.8 Å². The fourth-order valence-electron chi connectivity index (χ4n) is 4.73. The first-order valence-corrected chi connectivity index (χ1v) is 10.0. The molecule has 0 amide bonds. The van der Waals surface area contributed by atoms with E-state index in [2.05, 4.69) is 41.9 Å². The van der Waals surface area contributed by atoms with E-state index >= 15 is 0 Å². The third-order valence-electron chi connectivity index (χ3n) is 6.35. The largest absolute Gasteiger partial charge is 0.492 e. The predicted octanol–water partition coefficient (Wildman–Crippen LogP) is 4.01. The molecular weight excluding hydrogens is 336 g/mol. The first kappa shape index (κ1) is 18.5. The highest BCUT2D eigenvalue weighted by Crippen LogP contribution is 2.45. The van der Waals surface area contributed by atoms with E-state index in [0.29, 0.717) is 11.3 Å². The average Bonchev–Trinajstić information content (AvgIpc) is 3.00. The van der Waals surface area contributed by atoms with Gasteiger partial charge >= 0.3 is 0 Å². The third-order valence-corrected chi connectivity index (χ3v) is 6.35. The molecule has 0 saturated carbocycles. The molecule has 4 nitrogen and oxygen atoms in total. The van der Waals surface area contributed by atoms with Gasteiger partial charge in [-0.05, 0) is 55.4 Å². The Hall–Kier alpha value is -1.91. The predicted molar refractivity (Wildman–Crippen MR) is 107 cm³/mol. The normalized spacial score (nSPS) is 22.2. The summed E-state index contributed by atoms with van der Waals surface area (Å²) in [5.41, 5.74) is 4.49. The maximum absolute atomic E-state index is 6.13. The molecule has 0 bridgehead atoms. The van der Waals surface area contributed by atoms with E-state index in [1.807, 2.05) is 12.1 Å². The van der Waals surface area contributed by atoms with Crippen molar-refractivity contribution in [3.05, 3.63) is 59.4 Å². The minimum absolute atomic E-state index is 0.319. The standard InChI is InChI=1S/C23H30N2O2/c1-18-5-6-20(19(2)12-18)14-25-15-21(16-27-22-4-3-9-24-13-22)23(17-25)7-10-26-11-8-23/h3-6,9,12-13,21H,7-8,10-11,14-17H2,1-2H3. The van der Waals surface area contributed by atoms with Crippen molar-refractivity contribution in [1.82, 2.24) is 9.88 Å². The maximum atomic E-state index is 6.13. The number of likely N-dealkylation sites (tertiary alicyclic amines) is 1. The van der Waals surface area contributed by atoms with Gasteiger partial charge in [-0.2, -0.15) is 0 Å². The Labute approximate surface area is 162 Å². The Kier molecular flexibility index (Phi) is 5.46. The number of aromatic nitrogens is 1. The monoisotopic (exact) mass is 366 g/mol. The van der Waals surface area contributed by atoms with Crippen LogP contribution in [0.25, 0.3) is 0 Å². The molecule has 0 N–H and O–H groups in total. The SMILES string of the molecule is Cc1ccc(CN2CC(COc3cccnc3)C3(CCOCC3)C2)c(C)c1. The smallest absolute Gasteiger partial charge is 0.137 e. The van der Waals surface area contributed by atoms with Crippen molar-refractivity contribution in [3.63, 3.8) is 0 Å². The van der Waals surface area contributed by atoms with Crippen LogP contribution in [0.5, 0.6) is 5.75 Å². The lowest BCUT2D eigenvalue weighted by atomic mass is 9.72. The first-order chi connectivity index (χ1) is 13.1. The molecule has 2 saturated heterocycles. The van der Waals surface area contributed by atoms with Crippen LogP contribution in [0.1, 0.15) is 29.5 Å². The summed E-state index contributed by atoms with van der Waals surface area (Å²) in [4.78, 5) is 6.79. The Morgan fingerprint density at radius 1 is 1.22 bits per heavy atom. The maximum Gasteiger partial charge on any atom is 0.137 e.